The minimum atomic E-state index is -0.165. The molecular formula is C16H24N4OS. The van der Waals surface area contributed by atoms with Crippen molar-refractivity contribution >= 4 is 17.4 Å². The molecule has 2 N–H and O–H groups in total. The summed E-state index contributed by atoms with van der Waals surface area (Å²) in [7, 11) is 0. The van der Waals surface area contributed by atoms with E-state index in [1.165, 1.54) is 0 Å². The van der Waals surface area contributed by atoms with Crippen molar-refractivity contribution in [1.82, 2.24) is 20.4 Å². The molecule has 0 spiro atoms. The van der Waals surface area contributed by atoms with Crippen LogP contribution in [0.1, 0.15) is 50.6 Å². The van der Waals surface area contributed by atoms with Crippen LogP contribution in [0.5, 0.6) is 0 Å². The molecule has 0 radical (unpaired) electrons. The first kappa shape index (κ1) is 16.5. The Morgan fingerprint density at radius 1 is 1.45 bits per heavy atom. The van der Waals surface area contributed by atoms with E-state index in [-0.39, 0.29) is 17.6 Å². The van der Waals surface area contributed by atoms with Gasteiger partial charge in [-0.3, -0.25) is 4.68 Å². The highest BCUT2D eigenvalue weighted by atomic mass is 32.1. The average molecular weight is 320 g/mol. The Labute approximate surface area is 135 Å². The van der Waals surface area contributed by atoms with Crippen molar-refractivity contribution in [2.24, 2.45) is 0 Å². The van der Waals surface area contributed by atoms with Gasteiger partial charge in [-0.2, -0.15) is 16.4 Å². The fraction of sp³-hybridized carbons (Fsp3) is 0.500. The summed E-state index contributed by atoms with van der Waals surface area (Å²) in [5.74, 6) is 0. The summed E-state index contributed by atoms with van der Waals surface area (Å²) in [6.07, 6.45) is 2.01. The van der Waals surface area contributed by atoms with Crippen LogP contribution < -0.4 is 10.6 Å². The first-order valence-electron chi connectivity index (χ1n) is 7.39. The van der Waals surface area contributed by atoms with Gasteiger partial charge in [0.1, 0.15) is 0 Å². The zero-order valence-electron chi connectivity index (χ0n) is 13.8. The number of rotatable bonds is 4. The van der Waals surface area contributed by atoms with Crippen molar-refractivity contribution in [3.05, 3.63) is 39.8 Å². The molecule has 2 aromatic heterocycles. The zero-order valence-corrected chi connectivity index (χ0v) is 14.6. The van der Waals surface area contributed by atoms with E-state index >= 15 is 0 Å². The number of amides is 2. The van der Waals surface area contributed by atoms with Gasteiger partial charge in [-0.15, -0.1) is 0 Å². The maximum Gasteiger partial charge on any atom is 0.315 e. The summed E-state index contributed by atoms with van der Waals surface area (Å²) in [4.78, 5) is 12.0. The smallest absolute Gasteiger partial charge is 0.315 e. The molecule has 0 fully saturated rings. The minimum Gasteiger partial charge on any atom is -0.334 e. The van der Waals surface area contributed by atoms with Crippen LogP contribution in [0.15, 0.2) is 23.0 Å². The molecule has 0 unspecified atom stereocenters. The average Bonchev–Trinajstić information content (AvgIpc) is 3.04. The SMILES string of the molecule is Cc1nn(C(C)(C)C)cc1[C@H](C)NC(=O)NCc1ccsc1. The Kier molecular flexibility index (Phi) is 4.90. The van der Waals surface area contributed by atoms with Gasteiger partial charge in [0, 0.05) is 18.3 Å². The molecule has 0 saturated heterocycles. The first-order valence-corrected chi connectivity index (χ1v) is 8.33. The Morgan fingerprint density at radius 3 is 2.73 bits per heavy atom. The topological polar surface area (TPSA) is 59.0 Å². The molecule has 22 heavy (non-hydrogen) atoms. The van der Waals surface area contributed by atoms with Gasteiger partial charge in [0.25, 0.3) is 0 Å². The Morgan fingerprint density at radius 2 is 2.18 bits per heavy atom. The van der Waals surface area contributed by atoms with Gasteiger partial charge in [-0.1, -0.05) is 0 Å². The highest BCUT2D eigenvalue weighted by Gasteiger charge is 2.20. The lowest BCUT2D eigenvalue weighted by Crippen LogP contribution is -2.36. The highest BCUT2D eigenvalue weighted by molar-refractivity contribution is 7.07. The van der Waals surface area contributed by atoms with E-state index in [1.54, 1.807) is 11.3 Å². The predicted octanol–water partition coefficient (Wildman–Crippen LogP) is 3.57. The third-order valence-electron chi connectivity index (χ3n) is 3.47. The number of aromatic nitrogens is 2. The van der Waals surface area contributed by atoms with E-state index in [0.29, 0.717) is 6.54 Å². The van der Waals surface area contributed by atoms with E-state index in [1.807, 2.05) is 41.6 Å². The quantitative estimate of drug-likeness (QED) is 0.905. The molecule has 2 amide bonds. The largest absolute Gasteiger partial charge is 0.334 e. The zero-order chi connectivity index (χ0) is 16.3. The second-order valence-corrected chi connectivity index (χ2v) is 7.25. The molecular weight excluding hydrogens is 296 g/mol. The molecule has 0 aliphatic carbocycles. The van der Waals surface area contributed by atoms with E-state index in [4.69, 9.17) is 0 Å². The summed E-state index contributed by atoms with van der Waals surface area (Å²) in [6.45, 7) is 10.8. The standard InChI is InChI=1S/C16H24N4OS/c1-11(14-9-20(16(3,4)5)19-12(14)2)18-15(21)17-8-13-6-7-22-10-13/h6-7,9-11H,8H2,1-5H3,(H2,17,18,21)/t11-/m0/s1. The fourth-order valence-corrected chi connectivity index (χ4v) is 2.81. The van der Waals surface area contributed by atoms with Crippen LogP contribution in [0.25, 0.3) is 0 Å². The van der Waals surface area contributed by atoms with Crippen molar-refractivity contribution in [3.8, 4) is 0 Å². The van der Waals surface area contributed by atoms with Crippen LogP contribution in [-0.4, -0.2) is 15.8 Å². The fourth-order valence-electron chi connectivity index (χ4n) is 2.14. The van der Waals surface area contributed by atoms with Gasteiger partial charge in [0.2, 0.25) is 0 Å². The summed E-state index contributed by atoms with van der Waals surface area (Å²) in [5, 5.41) is 14.4. The molecule has 0 saturated carbocycles. The lowest BCUT2D eigenvalue weighted by Gasteiger charge is -2.19. The molecule has 2 rings (SSSR count). The lowest BCUT2D eigenvalue weighted by atomic mass is 10.1. The minimum absolute atomic E-state index is 0.0655. The third-order valence-corrected chi connectivity index (χ3v) is 4.20. The molecule has 0 aliphatic rings. The molecule has 6 heteroatoms. The molecule has 120 valence electrons. The number of carbonyl (C=O) groups excluding carboxylic acids is 1. The van der Waals surface area contributed by atoms with Crippen LogP contribution in [0.3, 0.4) is 0 Å². The maximum atomic E-state index is 12.0. The first-order chi connectivity index (χ1) is 10.3. The number of urea groups is 1. The Hall–Kier alpha value is -1.82. The molecule has 0 bridgehead atoms. The Bertz CT molecular complexity index is 625. The van der Waals surface area contributed by atoms with Crippen LogP contribution in [-0.2, 0) is 12.1 Å². The van der Waals surface area contributed by atoms with Crippen molar-refractivity contribution in [1.29, 1.82) is 0 Å². The predicted molar refractivity (Wildman–Crippen MR) is 90.1 cm³/mol. The van der Waals surface area contributed by atoms with Gasteiger partial charge < -0.3 is 10.6 Å². The van der Waals surface area contributed by atoms with Gasteiger partial charge in [-0.25, -0.2) is 4.79 Å². The lowest BCUT2D eigenvalue weighted by molar-refractivity contribution is 0.237. The summed E-state index contributed by atoms with van der Waals surface area (Å²) in [6, 6.07) is 1.76. The van der Waals surface area contributed by atoms with Crippen molar-refractivity contribution < 1.29 is 4.79 Å². The number of nitrogens with zero attached hydrogens (tertiary/aromatic N) is 2. The van der Waals surface area contributed by atoms with Crippen LogP contribution >= 0.6 is 11.3 Å². The van der Waals surface area contributed by atoms with E-state index in [0.717, 1.165) is 16.8 Å². The number of hydrogen-bond donors (Lipinski definition) is 2. The summed E-state index contributed by atoms with van der Waals surface area (Å²) in [5.41, 5.74) is 3.04. The number of thiophene rings is 1. The maximum absolute atomic E-state index is 12.0. The van der Waals surface area contributed by atoms with Gasteiger partial charge in [-0.05, 0) is 57.0 Å². The van der Waals surface area contributed by atoms with E-state index in [2.05, 4.69) is 36.5 Å². The molecule has 5 nitrogen and oxygen atoms in total. The normalized spacial score (nSPS) is 13.0. The third kappa shape index (κ3) is 4.10. The van der Waals surface area contributed by atoms with E-state index in [9.17, 15) is 4.79 Å². The molecule has 2 aromatic rings. The summed E-state index contributed by atoms with van der Waals surface area (Å²) < 4.78 is 1.94. The van der Waals surface area contributed by atoms with Crippen molar-refractivity contribution in [2.45, 2.75) is 52.7 Å². The van der Waals surface area contributed by atoms with Crippen molar-refractivity contribution in [2.75, 3.05) is 0 Å². The van der Waals surface area contributed by atoms with E-state index < -0.39 is 0 Å². The number of aryl methyl sites for hydroxylation is 1. The molecule has 0 aromatic carbocycles. The van der Waals surface area contributed by atoms with Crippen LogP contribution in [0.2, 0.25) is 0 Å². The number of hydrogen-bond acceptors (Lipinski definition) is 3. The van der Waals surface area contributed by atoms with Gasteiger partial charge in [0.05, 0.1) is 17.3 Å². The van der Waals surface area contributed by atoms with Crippen LogP contribution in [0, 0.1) is 6.92 Å². The second kappa shape index (κ2) is 6.52. The van der Waals surface area contributed by atoms with Crippen molar-refractivity contribution in [3.63, 3.8) is 0 Å². The summed E-state index contributed by atoms with van der Waals surface area (Å²) >= 11 is 1.63. The van der Waals surface area contributed by atoms with Gasteiger partial charge in [0.15, 0.2) is 0 Å². The number of nitrogens with one attached hydrogen (secondary N) is 2. The Balaban J connectivity index is 1.95. The highest BCUT2D eigenvalue weighted by Crippen LogP contribution is 2.21. The molecule has 1 atom stereocenters. The second-order valence-electron chi connectivity index (χ2n) is 6.47. The molecule has 2 heterocycles. The van der Waals surface area contributed by atoms with Crippen LogP contribution in [0.4, 0.5) is 4.79 Å². The molecule has 0 aliphatic heterocycles. The van der Waals surface area contributed by atoms with Gasteiger partial charge >= 0.3 is 6.03 Å². The monoisotopic (exact) mass is 320 g/mol. The number of carbonyl (C=O) groups is 1.